The number of halogens is 2. The highest BCUT2D eigenvalue weighted by molar-refractivity contribution is 7.89. The maximum atomic E-state index is 12.6. The summed E-state index contributed by atoms with van der Waals surface area (Å²) >= 11 is 12.0. The lowest BCUT2D eigenvalue weighted by atomic mass is 10.1. The number of rotatable bonds is 3. The smallest absolute Gasteiger partial charge is 0.207 e. The van der Waals surface area contributed by atoms with Crippen molar-refractivity contribution in [3.63, 3.8) is 0 Å². The number of benzene rings is 2. The summed E-state index contributed by atoms with van der Waals surface area (Å²) in [6.07, 6.45) is 1.60. The lowest BCUT2D eigenvalue weighted by Gasteiger charge is -2.16. The fourth-order valence-corrected chi connectivity index (χ4v) is 5.06. The number of sulfonamides is 1. The Kier molecular flexibility index (Phi) is 3.97. The van der Waals surface area contributed by atoms with Crippen molar-refractivity contribution in [2.75, 3.05) is 0 Å². The van der Waals surface area contributed by atoms with Crippen LogP contribution < -0.4 is 4.72 Å². The van der Waals surface area contributed by atoms with Crippen LogP contribution in [0.15, 0.2) is 47.4 Å². The SMILES string of the molecule is O=S(=O)(NC1CCc2ccccc21)c1c(Cl)cccc1Cl. The highest BCUT2D eigenvalue weighted by atomic mass is 35.5. The number of fused-ring (bicyclic) bond motifs is 1. The van der Waals surface area contributed by atoms with E-state index in [1.165, 1.54) is 17.7 Å². The van der Waals surface area contributed by atoms with Gasteiger partial charge in [-0.2, -0.15) is 0 Å². The van der Waals surface area contributed by atoms with Crippen LogP contribution in [0.5, 0.6) is 0 Å². The van der Waals surface area contributed by atoms with Crippen LogP contribution in [0.3, 0.4) is 0 Å². The van der Waals surface area contributed by atoms with Crippen molar-refractivity contribution in [1.29, 1.82) is 0 Å². The molecule has 3 nitrogen and oxygen atoms in total. The molecular formula is C15H13Cl2NO2S. The Morgan fingerprint density at radius 2 is 1.67 bits per heavy atom. The quantitative estimate of drug-likeness (QED) is 0.918. The van der Waals surface area contributed by atoms with Crippen LogP contribution in [0.1, 0.15) is 23.6 Å². The molecule has 1 aliphatic carbocycles. The molecule has 1 N–H and O–H groups in total. The molecule has 21 heavy (non-hydrogen) atoms. The molecule has 0 radical (unpaired) electrons. The van der Waals surface area contributed by atoms with Crippen LogP contribution in [0.2, 0.25) is 10.0 Å². The predicted octanol–water partition coefficient (Wildman–Crippen LogP) is 3.96. The lowest BCUT2D eigenvalue weighted by Crippen LogP contribution is -2.27. The molecule has 0 bridgehead atoms. The molecule has 0 amide bonds. The van der Waals surface area contributed by atoms with Gasteiger partial charge < -0.3 is 0 Å². The molecule has 0 heterocycles. The van der Waals surface area contributed by atoms with Gasteiger partial charge in [0.05, 0.1) is 10.0 Å². The van der Waals surface area contributed by atoms with Crippen LogP contribution in [0.25, 0.3) is 0 Å². The molecule has 2 aromatic carbocycles. The summed E-state index contributed by atoms with van der Waals surface area (Å²) < 4.78 is 27.8. The van der Waals surface area contributed by atoms with E-state index in [0.717, 1.165) is 18.4 Å². The minimum absolute atomic E-state index is 0.0577. The van der Waals surface area contributed by atoms with E-state index in [4.69, 9.17) is 23.2 Å². The molecular weight excluding hydrogens is 329 g/mol. The van der Waals surface area contributed by atoms with Gasteiger partial charge >= 0.3 is 0 Å². The fraction of sp³-hybridized carbons (Fsp3) is 0.200. The maximum absolute atomic E-state index is 12.6. The Balaban J connectivity index is 1.95. The van der Waals surface area contributed by atoms with Crippen molar-refractivity contribution in [3.8, 4) is 0 Å². The van der Waals surface area contributed by atoms with Gasteiger partial charge in [-0.05, 0) is 36.1 Å². The number of nitrogens with one attached hydrogen (secondary N) is 1. The van der Waals surface area contributed by atoms with E-state index < -0.39 is 10.0 Å². The van der Waals surface area contributed by atoms with Gasteiger partial charge in [0.15, 0.2) is 0 Å². The molecule has 0 saturated carbocycles. The lowest BCUT2D eigenvalue weighted by molar-refractivity contribution is 0.554. The summed E-state index contributed by atoms with van der Waals surface area (Å²) in [6.45, 7) is 0. The van der Waals surface area contributed by atoms with Gasteiger partial charge in [-0.1, -0.05) is 53.5 Å². The predicted molar refractivity (Wildman–Crippen MR) is 84.3 cm³/mol. The van der Waals surface area contributed by atoms with E-state index in [0.29, 0.717) is 0 Å². The summed E-state index contributed by atoms with van der Waals surface area (Å²) in [4.78, 5) is -0.0577. The number of hydrogen-bond acceptors (Lipinski definition) is 2. The summed E-state index contributed by atoms with van der Waals surface area (Å²) in [7, 11) is -3.76. The standard InChI is InChI=1S/C15H13Cl2NO2S/c16-12-6-3-7-13(17)15(12)21(19,20)18-14-9-8-10-4-1-2-5-11(10)14/h1-7,14,18H,8-9H2. The first-order valence-corrected chi connectivity index (χ1v) is 8.77. The van der Waals surface area contributed by atoms with Crippen LogP contribution in [0.4, 0.5) is 0 Å². The zero-order valence-electron chi connectivity index (χ0n) is 11.0. The molecule has 0 aliphatic heterocycles. The van der Waals surface area contributed by atoms with Gasteiger partial charge in [0.2, 0.25) is 10.0 Å². The first kappa shape index (κ1) is 14.9. The second-order valence-corrected chi connectivity index (χ2v) is 7.43. The minimum Gasteiger partial charge on any atom is -0.207 e. The van der Waals surface area contributed by atoms with Gasteiger partial charge in [0, 0.05) is 6.04 Å². The van der Waals surface area contributed by atoms with Gasteiger partial charge in [0.25, 0.3) is 0 Å². The molecule has 0 fully saturated rings. The van der Waals surface area contributed by atoms with Gasteiger partial charge in [-0.15, -0.1) is 0 Å². The average molecular weight is 342 g/mol. The van der Waals surface area contributed by atoms with Crippen molar-refractivity contribution in [1.82, 2.24) is 4.72 Å². The summed E-state index contributed by atoms with van der Waals surface area (Å²) in [5.74, 6) is 0. The highest BCUT2D eigenvalue weighted by Gasteiger charge is 2.29. The molecule has 2 aromatic rings. The highest BCUT2D eigenvalue weighted by Crippen LogP contribution is 2.34. The van der Waals surface area contributed by atoms with Crippen molar-refractivity contribution in [2.45, 2.75) is 23.8 Å². The Labute approximate surface area is 133 Å². The third kappa shape index (κ3) is 2.81. The summed E-state index contributed by atoms with van der Waals surface area (Å²) in [5, 5.41) is 0.252. The Hall–Kier alpha value is -1.07. The average Bonchev–Trinajstić information content (AvgIpc) is 2.81. The summed E-state index contributed by atoms with van der Waals surface area (Å²) in [5.41, 5.74) is 2.19. The van der Waals surface area contributed by atoms with Crippen molar-refractivity contribution in [2.24, 2.45) is 0 Å². The van der Waals surface area contributed by atoms with Crippen LogP contribution in [-0.2, 0) is 16.4 Å². The van der Waals surface area contributed by atoms with Crippen molar-refractivity contribution >= 4 is 33.2 Å². The van der Waals surface area contributed by atoms with E-state index in [9.17, 15) is 8.42 Å². The van der Waals surface area contributed by atoms with Gasteiger partial charge in [-0.3, -0.25) is 0 Å². The Morgan fingerprint density at radius 3 is 2.38 bits per heavy atom. The van der Waals surface area contributed by atoms with Gasteiger partial charge in [-0.25, -0.2) is 13.1 Å². The van der Waals surface area contributed by atoms with E-state index in [1.807, 2.05) is 24.3 Å². The second kappa shape index (κ2) is 5.61. The molecule has 0 spiro atoms. The van der Waals surface area contributed by atoms with E-state index in [-0.39, 0.29) is 21.0 Å². The minimum atomic E-state index is -3.76. The molecule has 0 saturated heterocycles. The van der Waals surface area contributed by atoms with Crippen LogP contribution in [0, 0.1) is 0 Å². The zero-order chi connectivity index (χ0) is 15.0. The number of aryl methyl sites for hydroxylation is 1. The van der Waals surface area contributed by atoms with Gasteiger partial charge in [0.1, 0.15) is 4.90 Å². The monoisotopic (exact) mass is 341 g/mol. The van der Waals surface area contributed by atoms with Crippen LogP contribution >= 0.6 is 23.2 Å². The Bertz CT molecular complexity index is 770. The summed E-state index contributed by atoms with van der Waals surface area (Å²) in [6, 6.07) is 12.3. The maximum Gasteiger partial charge on any atom is 0.244 e. The molecule has 1 unspecified atom stereocenters. The normalized spacial score (nSPS) is 17.7. The van der Waals surface area contributed by atoms with E-state index >= 15 is 0 Å². The Morgan fingerprint density at radius 1 is 1.00 bits per heavy atom. The molecule has 3 rings (SSSR count). The first-order chi connectivity index (χ1) is 9.99. The molecule has 1 aliphatic rings. The third-order valence-corrected chi connectivity index (χ3v) is 6.04. The zero-order valence-corrected chi connectivity index (χ0v) is 13.3. The van der Waals surface area contributed by atoms with Crippen molar-refractivity contribution < 1.29 is 8.42 Å². The third-order valence-electron chi connectivity index (χ3n) is 3.62. The largest absolute Gasteiger partial charge is 0.244 e. The van der Waals surface area contributed by atoms with E-state index in [2.05, 4.69) is 4.72 Å². The fourth-order valence-electron chi connectivity index (χ4n) is 2.67. The van der Waals surface area contributed by atoms with E-state index in [1.54, 1.807) is 6.07 Å². The molecule has 1 atom stereocenters. The molecule has 0 aromatic heterocycles. The second-order valence-electron chi connectivity index (χ2n) is 4.96. The first-order valence-electron chi connectivity index (χ1n) is 6.53. The topological polar surface area (TPSA) is 46.2 Å². The van der Waals surface area contributed by atoms with Crippen molar-refractivity contribution in [3.05, 3.63) is 63.6 Å². The van der Waals surface area contributed by atoms with Crippen LogP contribution in [-0.4, -0.2) is 8.42 Å². The molecule has 6 heteroatoms. The number of hydrogen-bond donors (Lipinski definition) is 1. The molecule has 110 valence electrons.